The molecule has 15 heavy (non-hydrogen) atoms. The molecule has 1 aromatic heterocycles. The smallest absolute Gasteiger partial charge is 0.140 e. The van der Waals surface area contributed by atoms with Crippen LogP contribution in [0.3, 0.4) is 0 Å². The summed E-state index contributed by atoms with van der Waals surface area (Å²) in [5, 5.41) is 3.38. The zero-order valence-corrected chi connectivity index (χ0v) is 12.7. The molecule has 1 rings (SSSR count). The fraction of sp³-hybridized carbons (Fsp3) is 0.500. The first kappa shape index (κ1) is 13.3. The molecule has 0 bridgehead atoms. The molecular formula is C10H14Br2N2S. The lowest BCUT2D eigenvalue weighted by Crippen LogP contribution is -2.17. The fourth-order valence-corrected chi connectivity index (χ4v) is 2.81. The molecule has 1 unspecified atom stereocenters. The van der Waals surface area contributed by atoms with Crippen LogP contribution >= 0.6 is 43.6 Å². The lowest BCUT2D eigenvalue weighted by atomic mass is 10.2. The molecular weight excluding hydrogens is 340 g/mol. The fourth-order valence-electron chi connectivity index (χ4n) is 1.12. The van der Waals surface area contributed by atoms with Gasteiger partial charge in [0.2, 0.25) is 0 Å². The van der Waals surface area contributed by atoms with Crippen molar-refractivity contribution in [2.24, 2.45) is 0 Å². The predicted molar refractivity (Wildman–Crippen MR) is 75.7 cm³/mol. The quantitative estimate of drug-likeness (QED) is 0.860. The molecule has 0 amide bonds. The van der Waals surface area contributed by atoms with Crippen LogP contribution in [-0.4, -0.2) is 23.0 Å². The van der Waals surface area contributed by atoms with E-state index in [0.29, 0.717) is 6.04 Å². The van der Waals surface area contributed by atoms with Crippen LogP contribution in [-0.2, 0) is 0 Å². The van der Waals surface area contributed by atoms with E-state index in [1.807, 2.05) is 17.8 Å². The summed E-state index contributed by atoms with van der Waals surface area (Å²) in [6.45, 7) is 2.17. The summed E-state index contributed by atoms with van der Waals surface area (Å²) in [5.41, 5.74) is 0. The summed E-state index contributed by atoms with van der Waals surface area (Å²) >= 11 is 8.73. The van der Waals surface area contributed by atoms with E-state index < -0.39 is 0 Å². The summed E-state index contributed by atoms with van der Waals surface area (Å²) < 4.78 is 1.98. The van der Waals surface area contributed by atoms with Gasteiger partial charge in [0.1, 0.15) is 5.82 Å². The monoisotopic (exact) mass is 352 g/mol. The van der Waals surface area contributed by atoms with Crippen LogP contribution in [0.15, 0.2) is 21.2 Å². The van der Waals surface area contributed by atoms with E-state index in [1.165, 1.54) is 5.75 Å². The standard InChI is InChI=1S/C10H14Br2N2S/c1-7(3-4-15-2)14-10-9(12)5-8(11)6-13-10/h5-7H,3-4H2,1-2H3,(H,13,14). The lowest BCUT2D eigenvalue weighted by Gasteiger charge is -2.14. The Balaban J connectivity index is 2.56. The summed E-state index contributed by atoms with van der Waals surface area (Å²) in [4.78, 5) is 4.31. The number of anilines is 1. The molecule has 2 nitrogen and oxygen atoms in total. The van der Waals surface area contributed by atoms with Gasteiger partial charge in [0.15, 0.2) is 0 Å². The second-order valence-electron chi connectivity index (χ2n) is 3.31. The third-order valence-electron chi connectivity index (χ3n) is 1.95. The van der Waals surface area contributed by atoms with Crippen molar-refractivity contribution >= 4 is 49.4 Å². The number of aromatic nitrogens is 1. The van der Waals surface area contributed by atoms with Crippen molar-refractivity contribution in [3.63, 3.8) is 0 Å². The number of hydrogen-bond donors (Lipinski definition) is 1. The zero-order valence-electron chi connectivity index (χ0n) is 8.76. The van der Waals surface area contributed by atoms with E-state index in [0.717, 1.165) is 21.2 Å². The van der Waals surface area contributed by atoms with Gasteiger partial charge in [-0.1, -0.05) is 0 Å². The number of rotatable bonds is 5. The first-order chi connectivity index (χ1) is 7.13. The van der Waals surface area contributed by atoms with Gasteiger partial charge in [0.25, 0.3) is 0 Å². The van der Waals surface area contributed by atoms with E-state index in [2.05, 4.69) is 55.3 Å². The molecule has 0 aliphatic heterocycles. The van der Waals surface area contributed by atoms with Crippen LogP contribution in [0.25, 0.3) is 0 Å². The first-order valence-electron chi connectivity index (χ1n) is 4.70. The molecule has 0 aromatic carbocycles. The zero-order chi connectivity index (χ0) is 11.3. The highest BCUT2D eigenvalue weighted by molar-refractivity contribution is 9.11. The maximum Gasteiger partial charge on any atom is 0.140 e. The maximum absolute atomic E-state index is 4.31. The first-order valence-corrected chi connectivity index (χ1v) is 7.68. The number of nitrogens with one attached hydrogen (secondary N) is 1. The molecule has 1 aromatic rings. The Morgan fingerprint density at radius 2 is 2.27 bits per heavy atom. The Labute approximate surface area is 112 Å². The Morgan fingerprint density at radius 3 is 2.87 bits per heavy atom. The van der Waals surface area contributed by atoms with Gasteiger partial charge in [-0.25, -0.2) is 4.98 Å². The molecule has 0 aliphatic rings. The van der Waals surface area contributed by atoms with Crippen LogP contribution in [0.1, 0.15) is 13.3 Å². The minimum atomic E-state index is 0.447. The molecule has 0 saturated carbocycles. The van der Waals surface area contributed by atoms with Crippen molar-refractivity contribution in [3.8, 4) is 0 Å². The van der Waals surface area contributed by atoms with Crippen LogP contribution in [0.4, 0.5) is 5.82 Å². The Morgan fingerprint density at radius 1 is 1.53 bits per heavy atom. The minimum Gasteiger partial charge on any atom is -0.367 e. The third kappa shape index (κ3) is 4.74. The molecule has 1 atom stereocenters. The second-order valence-corrected chi connectivity index (χ2v) is 6.07. The van der Waals surface area contributed by atoms with Crippen molar-refractivity contribution in [1.29, 1.82) is 0 Å². The van der Waals surface area contributed by atoms with Gasteiger partial charge >= 0.3 is 0 Å². The van der Waals surface area contributed by atoms with Crippen molar-refractivity contribution in [3.05, 3.63) is 21.2 Å². The van der Waals surface area contributed by atoms with Gasteiger partial charge in [-0.05, 0) is 63.3 Å². The van der Waals surface area contributed by atoms with Gasteiger partial charge in [0.05, 0.1) is 4.47 Å². The molecule has 0 aliphatic carbocycles. The van der Waals surface area contributed by atoms with E-state index >= 15 is 0 Å². The van der Waals surface area contributed by atoms with Gasteiger partial charge in [0, 0.05) is 16.7 Å². The largest absolute Gasteiger partial charge is 0.367 e. The van der Waals surface area contributed by atoms with Crippen LogP contribution < -0.4 is 5.32 Å². The summed E-state index contributed by atoms with van der Waals surface area (Å²) in [5.74, 6) is 2.08. The highest BCUT2D eigenvalue weighted by Gasteiger charge is 2.06. The second kappa shape index (κ2) is 6.76. The van der Waals surface area contributed by atoms with Crippen molar-refractivity contribution in [2.45, 2.75) is 19.4 Å². The van der Waals surface area contributed by atoms with E-state index in [-0.39, 0.29) is 0 Å². The average molecular weight is 354 g/mol. The molecule has 0 saturated heterocycles. The van der Waals surface area contributed by atoms with Gasteiger partial charge in [-0.2, -0.15) is 11.8 Å². The molecule has 5 heteroatoms. The number of halogens is 2. The van der Waals surface area contributed by atoms with Crippen molar-refractivity contribution in [2.75, 3.05) is 17.3 Å². The highest BCUT2D eigenvalue weighted by Crippen LogP contribution is 2.24. The van der Waals surface area contributed by atoms with Crippen molar-refractivity contribution in [1.82, 2.24) is 4.98 Å². The average Bonchev–Trinajstić information content (AvgIpc) is 2.19. The lowest BCUT2D eigenvalue weighted by molar-refractivity contribution is 0.766. The summed E-state index contributed by atoms with van der Waals surface area (Å²) in [6, 6.07) is 2.44. The predicted octanol–water partition coefficient (Wildman–Crippen LogP) is 4.16. The highest BCUT2D eigenvalue weighted by atomic mass is 79.9. The van der Waals surface area contributed by atoms with Crippen LogP contribution in [0.5, 0.6) is 0 Å². The summed E-state index contributed by atoms with van der Waals surface area (Å²) in [7, 11) is 0. The Kier molecular flexibility index (Phi) is 6.00. The molecule has 0 radical (unpaired) electrons. The number of hydrogen-bond acceptors (Lipinski definition) is 3. The van der Waals surface area contributed by atoms with Gasteiger partial charge in [-0.15, -0.1) is 0 Å². The van der Waals surface area contributed by atoms with Gasteiger partial charge < -0.3 is 5.32 Å². The molecule has 1 heterocycles. The minimum absolute atomic E-state index is 0.447. The van der Waals surface area contributed by atoms with E-state index in [1.54, 1.807) is 6.20 Å². The maximum atomic E-state index is 4.31. The van der Waals surface area contributed by atoms with Crippen LogP contribution in [0.2, 0.25) is 0 Å². The normalized spacial score (nSPS) is 12.5. The van der Waals surface area contributed by atoms with Gasteiger partial charge in [-0.3, -0.25) is 0 Å². The topological polar surface area (TPSA) is 24.9 Å². The Hall–Kier alpha value is 0.260. The Bertz CT molecular complexity index is 320. The van der Waals surface area contributed by atoms with E-state index in [4.69, 9.17) is 0 Å². The third-order valence-corrected chi connectivity index (χ3v) is 3.63. The molecule has 84 valence electrons. The van der Waals surface area contributed by atoms with Crippen molar-refractivity contribution < 1.29 is 0 Å². The molecule has 0 fully saturated rings. The SMILES string of the molecule is CSCCC(C)Nc1ncc(Br)cc1Br. The number of nitrogens with zero attached hydrogens (tertiary/aromatic N) is 1. The van der Waals surface area contributed by atoms with E-state index in [9.17, 15) is 0 Å². The molecule has 0 spiro atoms. The molecule has 1 N–H and O–H groups in total. The summed E-state index contributed by atoms with van der Waals surface area (Å²) in [6.07, 6.45) is 5.07. The number of thioether (sulfide) groups is 1. The van der Waals surface area contributed by atoms with Crippen LogP contribution in [0, 0.1) is 0 Å². The number of pyridine rings is 1.